The molecule has 9 heteroatoms. The van der Waals surface area contributed by atoms with Gasteiger partial charge in [0.1, 0.15) is 6.33 Å². The number of benzene rings is 2. The van der Waals surface area contributed by atoms with Crippen LogP contribution in [0.5, 0.6) is 0 Å². The summed E-state index contributed by atoms with van der Waals surface area (Å²) in [6.45, 7) is 2.16. The molecule has 0 aliphatic carbocycles. The Hall–Kier alpha value is -3.82. The van der Waals surface area contributed by atoms with Gasteiger partial charge in [-0.1, -0.05) is 12.1 Å². The Labute approximate surface area is 179 Å². The van der Waals surface area contributed by atoms with Crippen molar-refractivity contribution in [2.24, 2.45) is 7.05 Å². The lowest BCUT2D eigenvalue weighted by molar-refractivity contribution is 0.0236. The van der Waals surface area contributed by atoms with Crippen molar-refractivity contribution in [3.05, 3.63) is 67.1 Å². The molecule has 1 saturated heterocycles. The highest BCUT2D eigenvalue weighted by atomic mass is 16.6. The van der Waals surface area contributed by atoms with Crippen molar-refractivity contribution in [2.45, 2.75) is 0 Å². The van der Waals surface area contributed by atoms with Gasteiger partial charge in [-0.25, -0.2) is 9.97 Å². The van der Waals surface area contributed by atoms with Gasteiger partial charge in [0.2, 0.25) is 5.95 Å². The Morgan fingerprint density at radius 1 is 1.06 bits per heavy atom. The molecular formula is C22H22N8O. The lowest BCUT2D eigenvalue weighted by Crippen LogP contribution is -2.42. The molecule has 0 spiro atoms. The number of nitrogens with zero attached hydrogens (tertiary/aromatic N) is 6. The lowest BCUT2D eigenvalue weighted by atomic mass is 10.1. The molecule has 5 rings (SSSR count). The van der Waals surface area contributed by atoms with Gasteiger partial charge in [0.05, 0.1) is 19.0 Å². The van der Waals surface area contributed by atoms with E-state index in [1.807, 2.05) is 48.0 Å². The molecule has 0 unspecified atom stereocenters. The maximum absolute atomic E-state index is 5.21. The van der Waals surface area contributed by atoms with Gasteiger partial charge in [0, 0.05) is 42.3 Å². The van der Waals surface area contributed by atoms with Crippen molar-refractivity contribution in [1.82, 2.24) is 30.2 Å². The van der Waals surface area contributed by atoms with E-state index in [1.165, 1.54) is 0 Å². The fourth-order valence-electron chi connectivity index (χ4n) is 3.47. The summed E-state index contributed by atoms with van der Waals surface area (Å²) in [6.07, 6.45) is 3.45. The smallest absolute Gasteiger partial charge is 0.227 e. The van der Waals surface area contributed by atoms with Crippen LogP contribution in [-0.2, 0) is 11.9 Å². The number of hydroxylamine groups is 1. The standard InChI is InChI=1S/C22H22N8O/c1-29-14-24-28-21(29)16-5-7-18(8-6-16)26-22-23-10-9-20(27-22)17-3-2-4-19(13-17)30-11-12-31-25-15-30/h2-10,13-14,25H,11-12,15H2,1H3,(H,23,26,27). The van der Waals surface area contributed by atoms with E-state index in [9.17, 15) is 0 Å². The first-order chi connectivity index (χ1) is 15.3. The average molecular weight is 414 g/mol. The summed E-state index contributed by atoms with van der Waals surface area (Å²) in [6, 6.07) is 18.2. The molecule has 156 valence electrons. The lowest BCUT2D eigenvalue weighted by Gasteiger charge is -2.29. The number of aromatic nitrogens is 5. The molecule has 1 aliphatic heterocycles. The second-order valence-corrected chi connectivity index (χ2v) is 7.20. The van der Waals surface area contributed by atoms with Gasteiger partial charge in [-0.15, -0.1) is 10.2 Å². The SMILES string of the molecule is Cn1cnnc1-c1ccc(Nc2nccc(-c3cccc(N4CCONC4)c3)n2)cc1. The second-order valence-electron chi connectivity index (χ2n) is 7.20. The first-order valence-electron chi connectivity index (χ1n) is 10.0. The topological polar surface area (TPSA) is 93.0 Å². The molecule has 0 bridgehead atoms. The molecule has 9 nitrogen and oxygen atoms in total. The predicted octanol–water partition coefficient (Wildman–Crippen LogP) is 2.98. The number of rotatable bonds is 5. The highest BCUT2D eigenvalue weighted by Crippen LogP contribution is 2.25. The Kier molecular flexibility index (Phi) is 5.26. The van der Waals surface area contributed by atoms with E-state index < -0.39 is 0 Å². The summed E-state index contributed by atoms with van der Waals surface area (Å²) in [5.41, 5.74) is 7.84. The molecular weight excluding hydrogens is 392 g/mol. The summed E-state index contributed by atoms with van der Waals surface area (Å²) in [5, 5.41) is 11.3. The maximum atomic E-state index is 5.21. The van der Waals surface area contributed by atoms with E-state index >= 15 is 0 Å². The highest BCUT2D eigenvalue weighted by molar-refractivity contribution is 5.68. The number of nitrogens with one attached hydrogen (secondary N) is 2. The minimum Gasteiger partial charge on any atom is -0.354 e. The summed E-state index contributed by atoms with van der Waals surface area (Å²) >= 11 is 0. The minimum absolute atomic E-state index is 0.544. The van der Waals surface area contributed by atoms with Gasteiger partial charge in [0.25, 0.3) is 0 Å². The summed E-state index contributed by atoms with van der Waals surface area (Å²) in [7, 11) is 1.92. The van der Waals surface area contributed by atoms with E-state index in [4.69, 9.17) is 9.82 Å². The highest BCUT2D eigenvalue weighted by Gasteiger charge is 2.12. The zero-order chi connectivity index (χ0) is 21.0. The molecule has 1 aliphatic rings. The predicted molar refractivity (Wildman–Crippen MR) is 118 cm³/mol. The second kappa shape index (κ2) is 8.50. The van der Waals surface area contributed by atoms with Crippen LogP contribution in [-0.4, -0.2) is 44.6 Å². The van der Waals surface area contributed by atoms with Gasteiger partial charge in [-0.2, -0.15) is 5.48 Å². The third kappa shape index (κ3) is 4.23. The third-order valence-corrected chi connectivity index (χ3v) is 5.09. The van der Waals surface area contributed by atoms with Crippen molar-refractivity contribution < 1.29 is 4.84 Å². The molecule has 2 aromatic heterocycles. The Bertz CT molecular complexity index is 1170. The largest absolute Gasteiger partial charge is 0.354 e. The van der Waals surface area contributed by atoms with E-state index in [-0.39, 0.29) is 0 Å². The van der Waals surface area contributed by atoms with Crippen LogP contribution in [0.25, 0.3) is 22.6 Å². The molecule has 4 aromatic rings. The van der Waals surface area contributed by atoms with Gasteiger partial charge < -0.3 is 14.8 Å². The summed E-state index contributed by atoms with van der Waals surface area (Å²) in [5.74, 6) is 1.36. The van der Waals surface area contributed by atoms with E-state index in [2.05, 4.69) is 49.1 Å². The molecule has 2 N–H and O–H groups in total. The molecule has 2 aromatic carbocycles. The van der Waals surface area contributed by atoms with E-state index in [0.717, 1.165) is 40.6 Å². The molecule has 0 amide bonds. The van der Waals surface area contributed by atoms with Crippen LogP contribution in [0.1, 0.15) is 0 Å². The van der Waals surface area contributed by atoms with Crippen molar-refractivity contribution in [2.75, 3.05) is 30.0 Å². The van der Waals surface area contributed by atoms with Crippen molar-refractivity contribution in [3.8, 4) is 22.6 Å². The van der Waals surface area contributed by atoms with E-state index in [1.54, 1.807) is 12.5 Å². The number of hydrogen-bond acceptors (Lipinski definition) is 8. The van der Waals surface area contributed by atoms with Gasteiger partial charge in [-0.05, 0) is 42.5 Å². The molecule has 0 atom stereocenters. The Morgan fingerprint density at radius 3 is 2.74 bits per heavy atom. The molecule has 31 heavy (non-hydrogen) atoms. The van der Waals surface area contributed by atoms with Gasteiger partial charge >= 0.3 is 0 Å². The average Bonchev–Trinajstić information content (AvgIpc) is 3.26. The molecule has 0 saturated carbocycles. The Balaban J connectivity index is 1.34. The van der Waals surface area contributed by atoms with Crippen LogP contribution in [0, 0.1) is 0 Å². The quantitative estimate of drug-likeness (QED) is 0.515. The van der Waals surface area contributed by atoms with Gasteiger partial charge in [-0.3, -0.25) is 4.84 Å². The maximum Gasteiger partial charge on any atom is 0.227 e. The van der Waals surface area contributed by atoms with Crippen LogP contribution in [0.15, 0.2) is 67.1 Å². The van der Waals surface area contributed by atoms with Crippen molar-refractivity contribution >= 4 is 17.3 Å². The van der Waals surface area contributed by atoms with Crippen LogP contribution < -0.4 is 15.7 Å². The Morgan fingerprint density at radius 2 is 1.97 bits per heavy atom. The molecule has 3 heterocycles. The zero-order valence-corrected chi connectivity index (χ0v) is 17.1. The normalized spacial score (nSPS) is 13.9. The zero-order valence-electron chi connectivity index (χ0n) is 17.1. The minimum atomic E-state index is 0.544. The van der Waals surface area contributed by atoms with E-state index in [0.29, 0.717) is 19.2 Å². The molecule has 0 radical (unpaired) electrons. The summed E-state index contributed by atoms with van der Waals surface area (Å²) < 4.78 is 1.89. The number of hydrogen-bond donors (Lipinski definition) is 2. The molecule has 1 fully saturated rings. The van der Waals surface area contributed by atoms with Crippen molar-refractivity contribution in [3.63, 3.8) is 0 Å². The third-order valence-electron chi connectivity index (χ3n) is 5.09. The first kappa shape index (κ1) is 19.2. The first-order valence-corrected chi connectivity index (χ1v) is 10.0. The van der Waals surface area contributed by atoms with Gasteiger partial charge in [0.15, 0.2) is 5.82 Å². The van der Waals surface area contributed by atoms with Crippen molar-refractivity contribution in [1.29, 1.82) is 0 Å². The monoisotopic (exact) mass is 414 g/mol. The van der Waals surface area contributed by atoms with Crippen LogP contribution in [0.3, 0.4) is 0 Å². The van der Waals surface area contributed by atoms with Crippen LogP contribution in [0.4, 0.5) is 17.3 Å². The van der Waals surface area contributed by atoms with Crippen LogP contribution in [0.2, 0.25) is 0 Å². The number of aryl methyl sites for hydroxylation is 1. The summed E-state index contributed by atoms with van der Waals surface area (Å²) in [4.78, 5) is 16.5. The fraction of sp³-hybridized carbons (Fsp3) is 0.182. The number of anilines is 3. The fourth-order valence-corrected chi connectivity index (χ4v) is 3.47. The van der Waals surface area contributed by atoms with Crippen LogP contribution >= 0.6 is 0 Å².